The van der Waals surface area contributed by atoms with Crippen LogP contribution in [0.1, 0.15) is 219 Å². The number of aliphatic carboxylic acids is 1. The summed E-state index contributed by atoms with van der Waals surface area (Å²) in [4.78, 5) is 37.0. The smallest absolute Gasteiger partial charge is 0.362 e. The van der Waals surface area contributed by atoms with E-state index in [2.05, 4.69) is 50.3 Å². The minimum atomic E-state index is -0.877. The van der Waals surface area contributed by atoms with Gasteiger partial charge in [0.05, 0.1) is 34.4 Å². The number of ether oxygens (including phenoxy) is 3. The van der Waals surface area contributed by atoms with Crippen LogP contribution in [0.4, 0.5) is 0 Å². The number of carbonyl (C=O) groups excluding carboxylic acids is 2. The Morgan fingerprint density at radius 1 is 0.508 bits per heavy atom. The highest BCUT2D eigenvalue weighted by Gasteiger charge is 2.31. The van der Waals surface area contributed by atoms with Gasteiger partial charge in [-0.25, -0.2) is 4.79 Å². The lowest BCUT2D eigenvalue weighted by Gasteiger charge is -2.31. The Morgan fingerprint density at radius 2 is 0.898 bits per heavy atom. The van der Waals surface area contributed by atoms with Crippen molar-refractivity contribution < 1.29 is 38.2 Å². The van der Waals surface area contributed by atoms with Crippen molar-refractivity contribution in [3.05, 3.63) is 36.5 Å². The van der Waals surface area contributed by atoms with Crippen LogP contribution in [-0.2, 0) is 28.6 Å². The number of likely N-dealkylation sites (N-methyl/N-ethyl adjacent to an activating group) is 1. The van der Waals surface area contributed by atoms with Gasteiger partial charge in [0.25, 0.3) is 0 Å². The highest BCUT2D eigenvalue weighted by atomic mass is 16.6. The number of esters is 2. The van der Waals surface area contributed by atoms with E-state index in [0.717, 1.165) is 64.2 Å². The average molecular weight is 833 g/mol. The molecule has 2 atom stereocenters. The molecule has 0 saturated carbocycles. The molecule has 0 aromatic rings. The molecule has 0 bridgehead atoms. The van der Waals surface area contributed by atoms with Crippen LogP contribution in [0.3, 0.4) is 0 Å². The lowest BCUT2D eigenvalue weighted by molar-refractivity contribution is -0.887. The van der Waals surface area contributed by atoms with Gasteiger partial charge in [-0.2, -0.15) is 0 Å². The lowest BCUT2D eigenvalue weighted by Crippen LogP contribution is -2.50. The molecular formula is C51H94NO7+. The van der Waals surface area contributed by atoms with Crippen molar-refractivity contribution in [2.75, 3.05) is 41.0 Å². The molecule has 0 aliphatic rings. The molecule has 59 heavy (non-hydrogen) atoms. The first-order chi connectivity index (χ1) is 28.6. The number of carboxylic acids is 1. The van der Waals surface area contributed by atoms with Gasteiger partial charge < -0.3 is 23.8 Å². The zero-order valence-corrected chi connectivity index (χ0v) is 39.2. The minimum Gasteiger partial charge on any atom is -0.477 e. The fraction of sp³-hybridized carbons (Fsp3) is 0.824. The number of hydrogen-bond acceptors (Lipinski definition) is 6. The van der Waals surface area contributed by atoms with Crippen LogP contribution >= 0.6 is 0 Å². The lowest BCUT2D eigenvalue weighted by atomic mass is 10.1. The summed E-state index contributed by atoms with van der Waals surface area (Å²) in [6.07, 6.45) is 49.1. The second-order valence-corrected chi connectivity index (χ2v) is 17.7. The quantitative estimate of drug-likeness (QED) is 0.0282. The van der Waals surface area contributed by atoms with Crippen molar-refractivity contribution in [1.29, 1.82) is 0 Å². The molecule has 0 aromatic carbocycles. The number of rotatable bonds is 44. The van der Waals surface area contributed by atoms with E-state index < -0.39 is 18.1 Å². The molecule has 0 saturated heterocycles. The minimum absolute atomic E-state index is 0.0564. The molecule has 0 rings (SSSR count). The number of allylic oxidation sites excluding steroid dienone is 6. The van der Waals surface area contributed by atoms with Crippen LogP contribution in [0.25, 0.3) is 0 Å². The number of quaternary nitrogens is 1. The highest BCUT2D eigenvalue weighted by Crippen LogP contribution is 2.14. The highest BCUT2D eigenvalue weighted by molar-refractivity contribution is 5.72. The van der Waals surface area contributed by atoms with E-state index in [9.17, 15) is 19.5 Å². The number of carbonyl (C=O) groups is 3. The Bertz CT molecular complexity index is 1060. The Morgan fingerprint density at radius 3 is 1.36 bits per heavy atom. The third kappa shape index (κ3) is 40.7. The summed E-state index contributed by atoms with van der Waals surface area (Å²) in [5.41, 5.74) is 0. The number of carboxylic acid groups (broad SMARTS) is 1. The van der Waals surface area contributed by atoms with Crippen molar-refractivity contribution in [3.8, 4) is 0 Å². The van der Waals surface area contributed by atoms with Crippen molar-refractivity contribution in [2.24, 2.45) is 0 Å². The summed E-state index contributed by atoms with van der Waals surface area (Å²) in [5.74, 6) is -1.48. The average Bonchev–Trinajstić information content (AvgIpc) is 3.19. The van der Waals surface area contributed by atoms with Gasteiger partial charge in [0.1, 0.15) is 6.61 Å². The molecular weight excluding hydrogens is 739 g/mol. The zero-order valence-electron chi connectivity index (χ0n) is 39.2. The van der Waals surface area contributed by atoms with E-state index in [1.165, 1.54) is 122 Å². The van der Waals surface area contributed by atoms with Gasteiger partial charge in [-0.3, -0.25) is 9.59 Å². The topological polar surface area (TPSA) is 99.1 Å². The van der Waals surface area contributed by atoms with Crippen molar-refractivity contribution in [2.45, 2.75) is 231 Å². The monoisotopic (exact) mass is 833 g/mol. The molecule has 2 unspecified atom stereocenters. The predicted octanol–water partition coefficient (Wildman–Crippen LogP) is 13.8. The van der Waals surface area contributed by atoms with Crippen LogP contribution in [0.15, 0.2) is 36.5 Å². The predicted molar refractivity (Wildman–Crippen MR) is 248 cm³/mol. The van der Waals surface area contributed by atoms with Crippen molar-refractivity contribution in [1.82, 2.24) is 0 Å². The first-order valence-electron chi connectivity index (χ1n) is 24.5. The SMILES string of the molecule is CCCCC/C=C/CCCCCCCC(=O)OCC(COCCC(C(=O)O)[N+](C)(C)C)OC(=O)CCCCCCCCC/C=C/C/C=C/CCCCCCCCCCC. The second kappa shape index (κ2) is 42.2. The molecule has 0 amide bonds. The second-order valence-electron chi connectivity index (χ2n) is 17.7. The van der Waals surface area contributed by atoms with E-state index >= 15 is 0 Å². The van der Waals surface area contributed by atoms with Crippen molar-refractivity contribution in [3.63, 3.8) is 0 Å². The standard InChI is InChI=1S/C51H93NO7/c1-6-8-10-12-14-16-18-20-21-22-23-24-25-26-27-28-29-30-32-34-36-38-40-42-50(54)59-47(45-57-44-43-48(51(55)56)52(3,4)5)46-58-49(53)41-39-37-35-33-31-19-17-15-13-11-9-7-2/h15,17,23-24,26-27,47-48H,6-14,16,18-22,25,28-46H2,1-5H3/p+1/b17-15+,24-23+,27-26+. The fourth-order valence-corrected chi connectivity index (χ4v) is 7.18. The van der Waals surface area contributed by atoms with Crippen molar-refractivity contribution >= 4 is 17.9 Å². The number of hydrogen-bond donors (Lipinski definition) is 1. The van der Waals surface area contributed by atoms with Crippen LogP contribution in [0.5, 0.6) is 0 Å². The van der Waals surface area contributed by atoms with Gasteiger partial charge in [0, 0.05) is 19.3 Å². The number of nitrogens with zero attached hydrogens (tertiary/aromatic N) is 1. The van der Waals surface area contributed by atoms with Crippen LogP contribution in [0.2, 0.25) is 0 Å². The Kier molecular flexibility index (Phi) is 40.5. The van der Waals surface area contributed by atoms with E-state index in [0.29, 0.717) is 19.3 Å². The summed E-state index contributed by atoms with van der Waals surface area (Å²) < 4.78 is 17.3. The Hall–Kier alpha value is -2.45. The largest absolute Gasteiger partial charge is 0.477 e. The van der Waals surface area contributed by atoms with Gasteiger partial charge in [-0.15, -0.1) is 0 Å². The molecule has 8 heteroatoms. The third-order valence-corrected chi connectivity index (χ3v) is 11.0. The van der Waals surface area contributed by atoms with Gasteiger partial charge in [0.15, 0.2) is 12.1 Å². The van der Waals surface area contributed by atoms with E-state index in [1.807, 2.05) is 21.1 Å². The van der Waals surface area contributed by atoms with Gasteiger partial charge in [0.2, 0.25) is 0 Å². The van der Waals surface area contributed by atoms with Crippen LogP contribution in [0, 0.1) is 0 Å². The fourth-order valence-electron chi connectivity index (χ4n) is 7.18. The molecule has 0 heterocycles. The summed E-state index contributed by atoms with van der Waals surface area (Å²) in [6.45, 7) is 4.71. The summed E-state index contributed by atoms with van der Waals surface area (Å²) in [7, 11) is 5.53. The van der Waals surface area contributed by atoms with Crippen LogP contribution < -0.4 is 0 Å². The molecule has 0 aromatic heterocycles. The normalized spacial score (nSPS) is 13.2. The van der Waals surface area contributed by atoms with Crippen LogP contribution in [-0.4, -0.2) is 80.6 Å². The maximum Gasteiger partial charge on any atom is 0.362 e. The third-order valence-electron chi connectivity index (χ3n) is 11.0. The molecule has 0 radical (unpaired) electrons. The summed E-state index contributed by atoms with van der Waals surface area (Å²) in [5, 5.41) is 9.63. The molecule has 344 valence electrons. The van der Waals surface area contributed by atoms with E-state index in [-0.39, 0.29) is 36.2 Å². The maximum absolute atomic E-state index is 12.8. The van der Waals surface area contributed by atoms with E-state index in [1.54, 1.807) is 0 Å². The van der Waals surface area contributed by atoms with Gasteiger partial charge in [-0.1, -0.05) is 166 Å². The molecule has 0 fully saturated rings. The molecule has 0 aliphatic carbocycles. The first-order valence-corrected chi connectivity index (χ1v) is 24.5. The Balaban J connectivity index is 4.24. The maximum atomic E-state index is 12.8. The number of unbranched alkanes of at least 4 members (excludes halogenated alkanes) is 24. The molecule has 8 nitrogen and oxygen atoms in total. The van der Waals surface area contributed by atoms with E-state index in [4.69, 9.17) is 14.2 Å². The van der Waals surface area contributed by atoms with Gasteiger partial charge >= 0.3 is 17.9 Å². The summed E-state index contributed by atoms with van der Waals surface area (Å²) >= 11 is 0. The molecule has 0 aliphatic heterocycles. The first kappa shape index (κ1) is 56.5. The van der Waals surface area contributed by atoms with Gasteiger partial charge in [-0.05, 0) is 70.6 Å². The Labute approximate surface area is 364 Å². The molecule has 1 N–H and O–H groups in total. The summed E-state index contributed by atoms with van der Waals surface area (Å²) in [6, 6.07) is -0.617. The zero-order chi connectivity index (χ0) is 43.5. The molecule has 0 spiro atoms.